The molecule has 31 heavy (non-hydrogen) atoms. The number of nitrogens with one attached hydrogen (secondary N) is 2. The van der Waals surface area contributed by atoms with Gasteiger partial charge in [-0.1, -0.05) is 48.5 Å². The SMILES string of the molecule is CCOC(=O)C1=C(COC(=O)CCOc2ccccc2)NC(=O)NC1c1ccccc1. The zero-order valence-electron chi connectivity index (χ0n) is 17.1. The van der Waals surface area contributed by atoms with Crippen molar-refractivity contribution in [3.8, 4) is 5.75 Å². The van der Waals surface area contributed by atoms with Crippen molar-refractivity contribution < 1.29 is 28.6 Å². The standard InChI is InChI=1S/C23H24N2O6/c1-2-29-22(27)20-18(24-23(28)25-21(20)16-9-5-3-6-10-16)15-31-19(26)13-14-30-17-11-7-4-8-12-17/h3-12,21H,2,13-15H2,1H3,(H2,24,25,28). The monoisotopic (exact) mass is 424 g/mol. The maximum atomic E-state index is 12.6. The van der Waals surface area contributed by atoms with E-state index in [0.717, 1.165) is 0 Å². The zero-order valence-corrected chi connectivity index (χ0v) is 17.1. The molecule has 0 spiro atoms. The number of hydrogen-bond acceptors (Lipinski definition) is 6. The molecule has 0 aliphatic carbocycles. The summed E-state index contributed by atoms with van der Waals surface area (Å²) in [5, 5.41) is 5.29. The molecule has 2 N–H and O–H groups in total. The van der Waals surface area contributed by atoms with E-state index >= 15 is 0 Å². The van der Waals surface area contributed by atoms with E-state index < -0.39 is 24.0 Å². The summed E-state index contributed by atoms with van der Waals surface area (Å²) in [4.78, 5) is 37.0. The smallest absolute Gasteiger partial charge is 0.338 e. The van der Waals surface area contributed by atoms with Gasteiger partial charge in [-0.05, 0) is 24.6 Å². The minimum Gasteiger partial charge on any atom is -0.493 e. The number of ether oxygens (including phenoxy) is 3. The average Bonchev–Trinajstić information content (AvgIpc) is 2.78. The summed E-state index contributed by atoms with van der Waals surface area (Å²) in [5.74, 6) is -0.461. The number of benzene rings is 2. The normalized spacial score (nSPS) is 15.5. The first-order chi connectivity index (χ1) is 15.1. The van der Waals surface area contributed by atoms with Crippen LogP contribution in [-0.4, -0.2) is 37.8 Å². The number of para-hydroxylation sites is 1. The fraction of sp³-hybridized carbons (Fsp3) is 0.261. The van der Waals surface area contributed by atoms with Gasteiger partial charge in [0.15, 0.2) is 0 Å². The molecule has 1 heterocycles. The van der Waals surface area contributed by atoms with Crippen LogP contribution in [0.2, 0.25) is 0 Å². The summed E-state index contributed by atoms with van der Waals surface area (Å²) in [6.45, 7) is 1.74. The highest BCUT2D eigenvalue weighted by molar-refractivity contribution is 5.95. The van der Waals surface area contributed by atoms with Gasteiger partial charge in [-0.3, -0.25) is 4.79 Å². The van der Waals surface area contributed by atoms with Gasteiger partial charge in [-0.15, -0.1) is 0 Å². The molecule has 8 nitrogen and oxygen atoms in total. The summed E-state index contributed by atoms with van der Waals surface area (Å²) in [6, 6.07) is 16.9. The van der Waals surface area contributed by atoms with E-state index in [4.69, 9.17) is 14.2 Å². The first-order valence-corrected chi connectivity index (χ1v) is 9.94. The molecule has 1 aliphatic heterocycles. The highest BCUT2D eigenvalue weighted by Crippen LogP contribution is 2.27. The fourth-order valence-corrected chi connectivity index (χ4v) is 3.07. The Bertz CT molecular complexity index is 943. The van der Waals surface area contributed by atoms with E-state index in [1.165, 1.54) is 0 Å². The van der Waals surface area contributed by atoms with E-state index in [2.05, 4.69) is 10.6 Å². The van der Waals surface area contributed by atoms with Crippen molar-refractivity contribution in [2.45, 2.75) is 19.4 Å². The van der Waals surface area contributed by atoms with Crippen LogP contribution in [0.25, 0.3) is 0 Å². The third-order valence-electron chi connectivity index (χ3n) is 4.48. The summed E-state index contributed by atoms with van der Waals surface area (Å²) < 4.78 is 15.9. The van der Waals surface area contributed by atoms with Crippen molar-refractivity contribution in [2.24, 2.45) is 0 Å². The first kappa shape index (κ1) is 21.9. The third kappa shape index (κ3) is 6.08. The summed E-state index contributed by atoms with van der Waals surface area (Å²) in [7, 11) is 0. The Kier molecular flexibility index (Phi) is 7.64. The molecular weight excluding hydrogens is 400 g/mol. The van der Waals surface area contributed by atoms with Crippen molar-refractivity contribution in [1.82, 2.24) is 10.6 Å². The second kappa shape index (κ2) is 10.8. The Balaban J connectivity index is 1.69. The highest BCUT2D eigenvalue weighted by Gasteiger charge is 2.34. The molecule has 0 bridgehead atoms. The lowest BCUT2D eigenvalue weighted by Crippen LogP contribution is -2.47. The molecule has 162 valence electrons. The minimum absolute atomic E-state index is 0.0191. The average molecular weight is 424 g/mol. The van der Waals surface area contributed by atoms with E-state index in [0.29, 0.717) is 11.3 Å². The number of amides is 2. The molecule has 1 aliphatic rings. The van der Waals surface area contributed by atoms with E-state index in [1.54, 1.807) is 43.3 Å². The molecule has 2 aromatic rings. The molecule has 8 heteroatoms. The molecule has 3 rings (SSSR count). The van der Waals surface area contributed by atoms with Crippen LogP contribution in [0.4, 0.5) is 4.79 Å². The Morgan fingerprint density at radius 3 is 2.32 bits per heavy atom. The van der Waals surface area contributed by atoms with E-state index in [1.807, 2.05) is 24.3 Å². The summed E-state index contributed by atoms with van der Waals surface area (Å²) >= 11 is 0. The van der Waals surface area contributed by atoms with Gasteiger partial charge in [-0.2, -0.15) is 0 Å². The second-order valence-corrected chi connectivity index (χ2v) is 6.63. The number of hydrogen-bond donors (Lipinski definition) is 2. The molecule has 1 unspecified atom stereocenters. The maximum Gasteiger partial charge on any atom is 0.338 e. The van der Waals surface area contributed by atoms with Crippen molar-refractivity contribution in [3.63, 3.8) is 0 Å². The molecule has 2 aromatic carbocycles. The molecule has 0 saturated carbocycles. The molecule has 0 aromatic heterocycles. The Morgan fingerprint density at radius 2 is 1.65 bits per heavy atom. The van der Waals surface area contributed by atoms with E-state index in [9.17, 15) is 14.4 Å². The quantitative estimate of drug-likeness (QED) is 0.600. The van der Waals surface area contributed by atoms with Crippen LogP contribution >= 0.6 is 0 Å². The van der Waals surface area contributed by atoms with Gasteiger partial charge in [0.1, 0.15) is 12.4 Å². The predicted molar refractivity (Wildman–Crippen MR) is 112 cm³/mol. The lowest BCUT2D eigenvalue weighted by molar-refractivity contribution is -0.144. The number of rotatable bonds is 9. The molecule has 1 atom stereocenters. The van der Waals surface area contributed by atoms with Crippen LogP contribution in [0.15, 0.2) is 71.9 Å². The van der Waals surface area contributed by atoms with Crippen LogP contribution in [-0.2, 0) is 19.1 Å². The Morgan fingerprint density at radius 1 is 0.968 bits per heavy atom. The molecule has 2 amide bonds. The Labute approximate surface area is 180 Å². The van der Waals surface area contributed by atoms with Crippen molar-refractivity contribution in [3.05, 3.63) is 77.5 Å². The maximum absolute atomic E-state index is 12.6. The third-order valence-corrected chi connectivity index (χ3v) is 4.48. The largest absolute Gasteiger partial charge is 0.493 e. The summed E-state index contributed by atoms with van der Waals surface area (Å²) in [5.41, 5.74) is 1.09. The first-order valence-electron chi connectivity index (χ1n) is 9.94. The van der Waals surface area contributed by atoms with Gasteiger partial charge in [0.25, 0.3) is 0 Å². The molecule has 0 fully saturated rings. The van der Waals surface area contributed by atoms with E-state index in [-0.39, 0.29) is 37.5 Å². The fourth-order valence-electron chi connectivity index (χ4n) is 3.07. The lowest BCUT2D eigenvalue weighted by atomic mass is 9.95. The van der Waals surface area contributed by atoms with Crippen molar-refractivity contribution in [2.75, 3.05) is 19.8 Å². The van der Waals surface area contributed by atoms with Crippen LogP contribution in [0.3, 0.4) is 0 Å². The lowest BCUT2D eigenvalue weighted by Gasteiger charge is -2.29. The topological polar surface area (TPSA) is 103 Å². The second-order valence-electron chi connectivity index (χ2n) is 6.63. The van der Waals surface area contributed by atoms with Gasteiger partial charge in [0.05, 0.1) is 36.9 Å². The van der Waals surface area contributed by atoms with Crippen LogP contribution in [0.5, 0.6) is 5.75 Å². The van der Waals surface area contributed by atoms with Crippen molar-refractivity contribution in [1.29, 1.82) is 0 Å². The van der Waals surface area contributed by atoms with Crippen LogP contribution in [0, 0.1) is 0 Å². The van der Waals surface area contributed by atoms with Crippen LogP contribution in [0.1, 0.15) is 24.9 Å². The minimum atomic E-state index is -0.718. The number of carbonyl (C=O) groups is 3. The van der Waals surface area contributed by atoms with Gasteiger partial charge in [0, 0.05) is 0 Å². The zero-order chi connectivity index (χ0) is 22.1. The summed E-state index contributed by atoms with van der Waals surface area (Å²) in [6.07, 6.45) is 0.0191. The molecule has 0 saturated heterocycles. The van der Waals surface area contributed by atoms with Gasteiger partial charge < -0.3 is 24.8 Å². The van der Waals surface area contributed by atoms with Gasteiger partial charge >= 0.3 is 18.0 Å². The predicted octanol–water partition coefficient (Wildman–Crippen LogP) is 2.87. The molecule has 0 radical (unpaired) electrons. The van der Waals surface area contributed by atoms with Gasteiger partial charge in [0.2, 0.25) is 0 Å². The van der Waals surface area contributed by atoms with Crippen molar-refractivity contribution >= 4 is 18.0 Å². The van der Waals surface area contributed by atoms with Crippen LogP contribution < -0.4 is 15.4 Å². The molecular formula is C23H24N2O6. The number of carbonyl (C=O) groups excluding carboxylic acids is 3. The van der Waals surface area contributed by atoms with Gasteiger partial charge in [-0.25, -0.2) is 9.59 Å². The number of urea groups is 1. The highest BCUT2D eigenvalue weighted by atomic mass is 16.5. The Hall–Kier alpha value is -3.81. The number of esters is 2.